The average molecular weight is 462 g/mol. The molecule has 0 radical (unpaired) electrons. The number of carbonyl (C=O) groups is 3. The SMILES string of the molecule is O=C(CNC(=O)c1cccc(Br)c1)NC1CCN(C(=O)c2ccccc2F)CC1. The second-order valence-corrected chi connectivity index (χ2v) is 7.72. The molecule has 0 bridgehead atoms. The van der Waals surface area contributed by atoms with Crippen LogP contribution in [0.15, 0.2) is 53.0 Å². The van der Waals surface area contributed by atoms with Crippen LogP contribution in [0.1, 0.15) is 33.6 Å². The molecule has 0 spiro atoms. The van der Waals surface area contributed by atoms with Crippen LogP contribution in [0.5, 0.6) is 0 Å². The van der Waals surface area contributed by atoms with Gasteiger partial charge in [-0.2, -0.15) is 0 Å². The Balaban J connectivity index is 1.43. The van der Waals surface area contributed by atoms with E-state index in [2.05, 4.69) is 26.6 Å². The Morgan fingerprint density at radius 2 is 1.79 bits per heavy atom. The van der Waals surface area contributed by atoms with E-state index in [1.807, 2.05) is 6.07 Å². The van der Waals surface area contributed by atoms with Crippen LogP contribution in [0.25, 0.3) is 0 Å². The Bertz CT molecular complexity index is 914. The first-order chi connectivity index (χ1) is 13.9. The van der Waals surface area contributed by atoms with Crippen molar-refractivity contribution in [1.82, 2.24) is 15.5 Å². The van der Waals surface area contributed by atoms with Crippen molar-refractivity contribution in [3.63, 3.8) is 0 Å². The van der Waals surface area contributed by atoms with Crippen molar-refractivity contribution >= 4 is 33.7 Å². The van der Waals surface area contributed by atoms with Crippen LogP contribution in [-0.2, 0) is 4.79 Å². The van der Waals surface area contributed by atoms with Crippen LogP contribution in [0.3, 0.4) is 0 Å². The normalized spacial score (nSPS) is 14.3. The summed E-state index contributed by atoms with van der Waals surface area (Å²) in [4.78, 5) is 38.2. The maximum Gasteiger partial charge on any atom is 0.256 e. The zero-order valence-corrected chi connectivity index (χ0v) is 17.2. The first-order valence-corrected chi connectivity index (χ1v) is 10.1. The third-order valence-corrected chi connectivity index (χ3v) is 5.24. The number of nitrogens with one attached hydrogen (secondary N) is 2. The van der Waals surface area contributed by atoms with Gasteiger partial charge in [-0.05, 0) is 43.2 Å². The highest BCUT2D eigenvalue weighted by molar-refractivity contribution is 9.10. The van der Waals surface area contributed by atoms with Gasteiger partial charge in [-0.3, -0.25) is 14.4 Å². The number of halogens is 2. The standard InChI is InChI=1S/C21H21BrFN3O3/c22-15-5-3-4-14(12-15)20(28)24-13-19(27)25-16-8-10-26(11-9-16)21(29)17-6-1-2-7-18(17)23/h1-7,12,16H,8-11,13H2,(H,24,28)(H,25,27). The molecule has 2 aromatic carbocycles. The predicted molar refractivity (Wildman–Crippen MR) is 110 cm³/mol. The van der Waals surface area contributed by atoms with Crippen LogP contribution >= 0.6 is 15.9 Å². The van der Waals surface area contributed by atoms with Gasteiger partial charge in [0.15, 0.2) is 0 Å². The fourth-order valence-corrected chi connectivity index (χ4v) is 3.60. The van der Waals surface area contributed by atoms with Crippen LogP contribution in [0.2, 0.25) is 0 Å². The van der Waals surface area contributed by atoms with Crippen molar-refractivity contribution in [2.24, 2.45) is 0 Å². The number of benzene rings is 2. The minimum atomic E-state index is -0.533. The number of hydrogen-bond donors (Lipinski definition) is 2. The zero-order valence-electron chi connectivity index (χ0n) is 15.7. The van der Waals surface area contributed by atoms with E-state index in [-0.39, 0.29) is 35.9 Å². The summed E-state index contributed by atoms with van der Waals surface area (Å²) < 4.78 is 14.6. The summed E-state index contributed by atoms with van der Waals surface area (Å²) in [7, 11) is 0. The van der Waals surface area contributed by atoms with E-state index in [0.29, 0.717) is 31.5 Å². The Morgan fingerprint density at radius 1 is 1.07 bits per heavy atom. The topological polar surface area (TPSA) is 78.5 Å². The third-order valence-electron chi connectivity index (χ3n) is 4.75. The van der Waals surface area contributed by atoms with E-state index < -0.39 is 5.82 Å². The maximum absolute atomic E-state index is 13.8. The lowest BCUT2D eigenvalue weighted by Gasteiger charge is -2.32. The van der Waals surface area contributed by atoms with Crippen LogP contribution in [-0.4, -0.2) is 48.3 Å². The Hall–Kier alpha value is -2.74. The number of rotatable bonds is 5. The molecule has 0 aromatic heterocycles. The zero-order chi connectivity index (χ0) is 20.8. The van der Waals surface area contributed by atoms with Gasteiger partial charge < -0.3 is 15.5 Å². The van der Waals surface area contributed by atoms with Gasteiger partial charge in [-0.25, -0.2) is 4.39 Å². The molecule has 0 aliphatic carbocycles. The van der Waals surface area contributed by atoms with E-state index in [4.69, 9.17) is 0 Å². The van der Waals surface area contributed by atoms with Gasteiger partial charge in [0.2, 0.25) is 5.91 Å². The van der Waals surface area contributed by atoms with E-state index in [1.165, 1.54) is 12.1 Å². The Morgan fingerprint density at radius 3 is 2.48 bits per heavy atom. The third kappa shape index (κ3) is 5.63. The molecule has 1 aliphatic heterocycles. The lowest BCUT2D eigenvalue weighted by molar-refractivity contribution is -0.121. The molecule has 0 unspecified atom stereocenters. The van der Waals surface area contributed by atoms with Gasteiger partial charge in [0.25, 0.3) is 11.8 Å². The molecule has 1 heterocycles. The highest BCUT2D eigenvalue weighted by atomic mass is 79.9. The van der Waals surface area contributed by atoms with Crippen LogP contribution < -0.4 is 10.6 Å². The van der Waals surface area contributed by atoms with Gasteiger partial charge in [0.1, 0.15) is 5.82 Å². The van der Waals surface area contributed by atoms with Gasteiger partial charge >= 0.3 is 0 Å². The lowest BCUT2D eigenvalue weighted by atomic mass is 10.0. The summed E-state index contributed by atoms with van der Waals surface area (Å²) in [5.74, 6) is -1.48. The minimum absolute atomic E-state index is 0.0604. The van der Waals surface area contributed by atoms with Gasteiger partial charge in [-0.15, -0.1) is 0 Å². The van der Waals surface area contributed by atoms with Crippen molar-refractivity contribution in [3.05, 3.63) is 69.9 Å². The smallest absolute Gasteiger partial charge is 0.256 e. The summed E-state index contributed by atoms with van der Waals surface area (Å²) in [6, 6.07) is 12.7. The monoisotopic (exact) mass is 461 g/mol. The second kappa shape index (κ2) is 9.65. The van der Waals surface area contributed by atoms with Gasteiger partial charge in [0, 0.05) is 29.2 Å². The summed E-state index contributed by atoms with van der Waals surface area (Å²) in [5.41, 5.74) is 0.525. The number of piperidine rings is 1. The first kappa shape index (κ1) is 21.0. The molecule has 3 rings (SSSR count). The number of nitrogens with zero attached hydrogens (tertiary/aromatic N) is 1. The number of hydrogen-bond acceptors (Lipinski definition) is 3. The van der Waals surface area contributed by atoms with Crippen molar-refractivity contribution in [2.75, 3.05) is 19.6 Å². The molecule has 6 nitrogen and oxygen atoms in total. The maximum atomic E-state index is 13.8. The molecule has 29 heavy (non-hydrogen) atoms. The molecular formula is C21H21BrFN3O3. The summed E-state index contributed by atoms with van der Waals surface area (Å²) in [6.07, 6.45) is 1.15. The summed E-state index contributed by atoms with van der Waals surface area (Å²) in [6.45, 7) is 0.741. The molecule has 1 saturated heterocycles. The fourth-order valence-electron chi connectivity index (χ4n) is 3.20. The summed E-state index contributed by atoms with van der Waals surface area (Å²) in [5, 5.41) is 5.46. The van der Waals surface area contributed by atoms with E-state index in [9.17, 15) is 18.8 Å². The fraction of sp³-hybridized carbons (Fsp3) is 0.286. The molecule has 1 aliphatic rings. The van der Waals surface area contributed by atoms with Crippen molar-refractivity contribution in [2.45, 2.75) is 18.9 Å². The minimum Gasteiger partial charge on any atom is -0.352 e. The number of likely N-dealkylation sites (tertiary alicyclic amines) is 1. The van der Waals surface area contributed by atoms with Crippen molar-refractivity contribution in [3.8, 4) is 0 Å². The molecular weight excluding hydrogens is 441 g/mol. The molecule has 152 valence electrons. The lowest BCUT2D eigenvalue weighted by Crippen LogP contribution is -2.48. The Labute approximate surface area is 176 Å². The van der Waals surface area contributed by atoms with Gasteiger partial charge in [-0.1, -0.05) is 34.1 Å². The first-order valence-electron chi connectivity index (χ1n) is 9.31. The summed E-state index contributed by atoms with van der Waals surface area (Å²) >= 11 is 3.30. The second-order valence-electron chi connectivity index (χ2n) is 6.81. The molecule has 3 amide bonds. The highest BCUT2D eigenvalue weighted by Crippen LogP contribution is 2.16. The van der Waals surface area contributed by atoms with Crippen molar-refractivity contribution in [1.29, 1.82) is 0 Å². The number of amides is 3. The molecule has 8 heteroatoms. The number of carbonyl (C=O) groups excluding carboxylic acids is 3. The van der Waals surface area contributed by atoms with E-state index >= 15 is 0 Å². The van der Waals surface area contributed by atoms with E-state index in [0.717, 1.165) is 4.47 Å². The average Bonchev–Trinajstić information content (AvgIpc) is 2.72. The Kier molecular flexibility index (Phi) is 6.98. The highest BCUT2D eigenvalue weighted by Gasteiger charge is 2.26. The molecule has 0 saturated carbocycles. The largest absolute Gasteiger partial charge is 0.352 e. The molecule has 2 N–H and O–H groups in total. The van der Waals surface area contributed by atoms with Gasteiger partial charge in [0.05, 0.1) is 12.1 Å². The predicted octanol–water partition coefficient (Wildman–Crippen LogP) is 2.74. The molecule has 2 aromatic rings. The molecule has 0 atom stereocenters. The van der Waals surface area contributed by atoms with Crippen LogP contribution in [0, 0.1) is 5.82 Å². The van der Waals surface area contributed by atoms with Crippen LogP contribution in [0.4, 0.5) is 4.39 Å². The van der Waals surface area contributed by atoms with E-state index in [1.54, 1.807) is 35.2 Å². The quantitative estimate of drug-likeness (QED) is 0.718. The van der Waals surface area contributed by atoms with Crippen molar-refractivity contribution < 1.29 is 18.8 Å². The molecule has 1 fully saturated rings.